The van der Waals surface area contributed by atoms with Gasteiger partial charge in [0.05, 0.1) is 11.8 Å². The molecule has 3 rings (SSSR count). The fourth-order valence-corrected chi connectivity index (χ4v) is 3.74. The fraction of sp³-hybridized carbons (Fsp3) is 0.500. The first-order chi connectivity index (χ1) is 10.8. The van der Waals surface area contributed by atoms with Gasteiger partial charge in [-0.15, -0.1) is 16.8 Å². The molecule has 1 aliphatic heterocycles. The maximum absolute atomic E-state index is 5.41. The Morgan fingerprint density at radius 3 is 2.91 bits per heavy atom. The highest BCUT2D eigenvalue weighted by Gasteiger charge is 2.19. The van der Waals surface area contributed by atoms with Crippen LogP contribution in [0, 0.1) is 12.8 Å². The Bertz CT molecular complexity index is 629. The summed E-state index contributed by atoms with van der Waals surface area (Å²) in [5.41, 5.74) is 0.993. The molecule has 1 fully saturated rings. The Kier molecular flexibility index (Phi) is 5.00. The van der Waals surface area contributed by atoms with Crippen molar-refractivity contribution in [3.05, 3.63) is 30.7 Å². The molecule has 6 heteroatoms. The molecule has 0 amide bonds. The molecule has 3 heterocycles. The molecule has 2 aromatic rings. The zero-order valence-electron chi connectivity index (χ0n) is 12.8. The van der Waals surface area contributed by atoms with Crippen molar-refractivity contribution in [3.8, 4) is 11.4 Å². The van der Waals surface area contributed by atoms with E-state index in [4.69, 9.17) is 9.15 Å². The van der Waals surface area contributed by atoms with Crippen LogP contribution < -0.4 is 0 Å². The predicted molar refractivity (Wildman–Crippen MR) is 86.9 cm³/mol. The monoisotopic (exact) mass is 319 g/mol. The van der Waals surface area contributed by atoms with Crippen molar-refractivity contribution < 1.29 is 9.15 Å². The minimum Gasteiger partial charge on any atom is -0.469 e. The Labute approximate surface area is 134 Å². The summed E-state index contributed by atoms with van der Waals surface area (Å²) >= 11 is 1.77. The van der Waals surface area contributed by atoms with Crippen LogP contribution in [-0.4, -0.2) is 33.7 Å². The van der Waals surface area contributed by atoms with E-state index in [0.29, 0.717) is 12.5 Å². The normalized spacial score (nSPS) is 16.0. The first-order valence-electron chi connectivity index (χ1n) is 7.58. The van der Waals surface area contributed by atoms with Gasteiger partial charge in [0, 0.05) is 25.5 Å². The largest absolute Gasteiger partial charge is 0.469 e. The van der Waals surface area contributed by atoms with Gasteiger partial charge in [0.1, 0.15) is 5.76 Å². The van der Waals surface area contributed by atoms with Gasteiger partial charge in [0.2, 0.25) is 0 Å². The van der Waals surface area contributed by atoms with Crippen LogP contribution in [-0.2, 0) is 11.3 Å². The number of hydrogen-bond donors (Lipinski definition) is 0. The lowest BCUT2D eigenvalue weighted by atomic mass is 10.0. The summed E-state index contributed by atoms with van der Waals surface area (Å²) in [5.74, 6) is 3.47. The first kappa shape index (κ1) is 15.4. The molecule has 0 saturated carbocycles. The maximum Gasteiger partial charge on any atom is 0.191 e. The van der Waals surface area contributed by atoms with E-state index in [9.17, 15) is 0 Å². The van der Waals surface area contributed by atoms with Crippen molar-refractivity contribution in [2.24, 2.45) is 5.92 Å². The molecule has 0 aromatic carbocycles. The van der Waals surface area contributed by atoms with Crippen LogP contribution in [0.5, 0.6) is 0 Å². The second kappa shape index (κ2) is 7.15. The van der Waals surface area contributed by atoms with E-state index < -0.39 is 0 Å². The van der Waals surface area contributed by atoms with Gasteiger partial charge in [0.15, 0.2) is 11.0 Å². The molecule has 0 radical (unpaired) electrons. The molecule has 0 spiro atoms. The summed E-state index contributed by atoms with van der Waals surface area (Å²) in [6.45, 7) is 8.24. The number of aryl methyl sites for hydroxylation is 1. The number of rotatable bonds is 6. The number of thioether (sulfide) groups is 1. The van der Waals surface area contributed by atoms with E-state index in [-0.39, 0.29) is 0 Å². The number of ether oxygens (including phenoxy) is 1. The lowest BCUT2D eigenvalue weighted by Crippen LogP contribution is -2.17. The Morgan fingerprint density at radius 2 is 2.23 bits per heavy atom. The molecule has 118 valence electrons. The predicted octanol–water partition coefficient (Wildman–Crippen LogP) is 3.55. The minimum atomic E-state index is 0.697. The van der Waals surface area contributed by atoms with Crippen molar-refractivity contribution in [2.45, 2.75) is 31.5 Å². The lowest BCUT2D eigenvalue weighted by molar-refractivity contribution is 0.0727. The molecular weight excluding hydrogens is 298 g/mol. The molecular formula is C16H21N3O2S. The zero-order valence-corrected chi connectivity index (χ0v) is 13.6. The van der Waals surface area contributed by atoms with Crippen molar-refractivity contribution in [1.82, 2.24) is 14.8 Å². The molecule has 0 aliphatic carbocycles. The van der Waals surface area contributed by atoms with Crippen LogP contribution in [0.2, 0.25) is 0 Å². The van der Waals surface area contributed by atoms with Crippen molar-refractivity contribution in [2.75, 3.05) is 19.0 Å². The number of allylic oxidation sites excluding steroid dienone is 1. The standard InChI is InChI=1S/C16H21N3O2S/c1-3-7-19-15(14-6-10-21-12(14)2)17-18-16(19)22-11-13-4-8-20-9-5-13/h3,6,10,13H,1,4-5,7-9,11H2,2H3. The van der Waals surface area contributed by atoms with Crippen LogP contribution in [0.15, 0.2) is 34.6 Å². The van der Waals surface area contributed by atoms with Crippen LogP contribution in [0.3, 0.4) is 0 Å². The van der Waals surface area contributed by atoms with Gasteiger partial charge in [-0.3, -0.25) is 4.57 Å². The van der Waals surface area contributed by atoms with E-state index in [2.05, 4.69) is 21.3 Å². The number of aromatic nitrogens is 3. The van der Waals surface area contributed by atoms with Gasteiger partial charge < -0.3 is 9.15 Å². The van der Waals surface area contributed by atoms with Gasteiger partial charge >= 0.3 is 0 Å². The van der Waals surface area contributed by atoms with Crippen LogP contribution >= 0.6 is 11.8 Å². The number of nitrogens with zero attached hydrogens (tertiary/aromatic N) is 3. The highest BCUT2D eigenvalue weighted by Crippen LogP contribution is 2.29. The van der Waals surface area contributed by atoms with Crippen molar-refractivity contribution in [1.29, 1.82) is 0 Å². The SMILES string of the molecule is C=CCn1c(SCC2CCOCC2)nnc1-c1ccoc1C. The second-order valence-electron chi connectivity index (χ2n) is 5.46. The highest BCUT2D eigenvalue weighted by molar-refractivity contribution is 7.99. The molecule has 0 N–H and O–H groups in total. The van der Waals surface area contributed by atoms with Crippen LogP contribution in [0.4, 0.5) is 0 Å². The molecule has 1 saturated heterocycles. The van der Waals surface area contributed by atoms with E-state index in [0.717, 1.165) is 54.1 Å². The third-order valence-electron chi connectivity index (χ3n) is 3.92. The summed E-state index contributed by atoms with van der Waals surface area (Å²) in [6.07, 6.45) is 5.83. The van der Waals surface area contributed by atoms with Crippen LogP contribution in [0.1, 0.15) is 18.6 Å². The average molecular weight is 319 g/mol. The number of furan rings is 1. The number of hydrogen-bond acceptors (Lipinski definition) is 5. The van der Waals surface area contributed by atoms with Gasteiger partial charge in [-0.2, -0.15) is 0 Å². The average Bonchev–Trinajstić information content (AvgIpc) is 3.13. The molecule has 0 unspecified atom stereocenters. The third-order valence-corrected chi connectivity index (χ3v) is 5.12. The van der Waals surface area contributed by atoms with Gasteiger partial charge in [0.25, 0.3) is 0 Å². The molecule has 5 nitrogen and oxygen atoms in total. The molecule has 1 aliphatic rings. The fourth-order valence-electron chi connectivity index (χ4n) is 2.61. The highest BCUT2D eigenvalue weighted by atomic mass is 32.2. The first-order valence-corrected chi connectivity index (χ1v) is 8.57. The molecule has 2 aromatic heterocycles. The quantitative estimate of drug-likeness (QED) is 0.602. The molecule has 0 bridgehead atoms. The smallest absolute Gasteiger partial charge is 0.191 e. The summed E-state index contributed by atoms with van der Waals surface area (Å²) < 4.78 is 12.9. The Hall–Kier alpha value is -1.53. The van der Waals surface area contributed by atoms with E-state index >= 15 is 0 Å². The Morgan fingerprint density at radius 1 is 1.41 bits per heavy atom. The topological polar surface area (TPSA) is 53.1 Å². The summed E-state index contributed by atoms with van der Waals surface area (Å²) in [7, 11) is 0. The van der Waals surface area contributed by atoms with E-state index in [1.807, 2.05) is 19.1 Å². The third kappa shape index (κ3) is 3.28. The Balaban J connectivity index is 1.77. The second-order valence-corrected chi connectivity index (χ2v) is 6.45. The maximum atomic E-state index is 5.41. The minimum absolute atomic E-state index is 0.697. The summed E-state index contributed by atoms with van der Waals surface area (Å²) in [5, 5.41) is 9.68. The van der Waals surface area contributed by atoms with Gasteiger partial charge in [-0.1, -0.05) is 17.8 Å². The van der Waals surface area contributed by atoms with Crippen molar-refractivity contribution in [3.63, 3.8) is 0 Å². The summed E-state index contributed by atoms with van der Waals surface area (Å²) in [4.78, 5) is 0. The zero-order chi connectivity index (χ0) is 15.4. The van der Waals surface area contributed by atoms with Crippen molar-refractivity contribution >= 4 is 11.8 Å². The van der Waals surface area contributed by atoms with Gasteiger partial charge in [-0.05, 0) is 31.7 Å². The molecule has 22 heavy (non-hydrogen) atoms. The van der Waals surface area contributed by atoms with Crippen LogP contribution in [0.25, 0.3) is 11.4 Å². The molecule has 0 atom stereocenters. The van der Waals surface area contributed by atoms with E-state index in [1.165, 1.54) is 0 Å². The van der Waals surface area contributed by atoms with Gasteiger partial charge in [-0.25, -0.2) is 0 Å². The lowest BCUT2D eigenvalue weighted by Gasteiger charge is -2.21. The van der Waals surface area contributed by atoms with E-state index in [1.54, 1.807) is 18.0 Å². The summed E-state index contributed by atoms with van der Waals surface area (Å²) in [6, 6.07) is 1.94.